The smallest absolute Gasteiger partial charge is 0.338 e. The van der Waals surface area contributed by atoms with E-state index in [2.05, 4.69) is 4.90 Å². The normalized spacial score (nSPS) is 14.3. The van der Waals surface area contributed by atoms with Crippen molar-refractivity contribution in [3.63, 3.8) is 0 Å². The van der Waals surface area contributed by atoms with Gasteiger partial charge < -0.3 is 23.8 Å². The molecule has 0 N–H and O–H groups in total. The molecule has 1 heterocycles. The third-order valence-electron chi connectivity index (χ3n) is 4.09. The molecule has 0 unspecified atom stereocenters. The van der Waals surface area contributed by atoms with E-state index in [0.29, 0.717) is 50.5 Å². The zero-order chi connectivity index (χ0) is 18.2. The summed E-state index contributed by atoms with van der Waals surface area (Å²) in [6, 6.07) is 3.33. The average molecular weight is 351 g/mol. The van der Waals surface area contributed by atoms with E-state index in [4.69, 9.17) is 18.9 Å². The summed E-state index contributed by atoms with van der Waals surface area (Å²) in [5.41, 5.74) is 2.44. The van der Waals surface area contributed by atoms with Crippen LogP contribution in [0.4, 0.5) is 5.69 Å². The van der Waals surface area contributed by atoms with Gasteiger partial charge in [0.05, 0.1) is 38.1 Å². The maximum Gasteiger partial charge on any atom is 0.338 e. The Balaban J connectivity index is 2.42. The first kappa shape index (κ1) is 19.2. The zero-order valence-electron chi connectivity index (χ0n) is 15.0. The van der Waals surface area contributed by atoms with Crippen molar-refractivity contribution in [3.05, 3.63) is 28.8 Å². The van der Waals surface area contributed by atoms with Crippen molar-refractivity contribution in [2.45, 2.75) is 13.3 Å². The van der Waals surface area contributed by atoms with Gasteiger partial charge in [-0.15, -0.1) is 0 Å². The number of hydrogen-bond acceptors (Lipinski definition) is 7. The summed E-state index contributed by atoms with van der Waals surface area (Å²) in [5, 5.41) is 0. The van der Waals surface area contributed by atoms with Crippen LogP contribution in [0.25, 0.3) is 0 Å². The van der Waals surface area contributed by atoms with E-state index in [9.17, 15) is 9.59 Å². The van der Waals surface area contributed by atoms with Crippen LogP contribution in [0.3, 0.4) is 0 Å². The Labute approximate surface area is 147 Å². The van der Waals surface area contributed by atoms with Gasteiger partial charge in [0, 0.05) is 25.9 Å². The minimum Gasteiger partial charge on any atom is -0.465 e. The molecule has 7 heteroatoms. The molecule has 1 aliphatic rings. The van der Waals surface area contributed by atoms with Gasteiger partial charge in [0.1, 0.15) is 6.61 Å². The van der Waals surface area contributed by atoms with Crippen LogP contribution in [0.2, 0.25) is 0 Å². The fourth-order valence-corrected chi connectivity index (χ4v) is 2.83. The van der Waals surface area contributed by atoms with Gasteiger partial charge in [0.15, 0.2) is 0 Å². The number of rotatable bonds is 7. The van der Waals surface area contributed by atoms with Crippen molar-refractivity contribution < 1.29 is 28.5 Å². The lowest BCUT2D eigenvalue weighted by atomic mass is 9.98. The molecule has 7 nitrogen and oxygen atoms in total. The molecule has 0 radical (unpaired) electrons. The third-order valence-corrected chi connectivity index (χ3v) is 4.09. The van der Waals surface area contributed by atoms with Crippen LogP contribution >= 0.6 is 0 Å². The first-order chi connectivity index (χ1) is 12.1. The number of carbonyl (C=O) groups excluding carboxylic acids is 2. The van der Waals surface area contributed by atoms with Crippen LogP contribution in [0.15, 0.2) is 12.1 Å². The number of benzene rings is 1. The Bertz CT molecular complexity index is 610. The predicted molar refractivity (Wildman–Crippen MR) is 92.4 cm³/mol. The fourth-order valence-electron chi connectivity index (χ4n) is 2.83. The Morgan fingerprint density at radius 2 is 1.84 bits per heavy atom. The number of methoxy groups -OCH3 is 2. The van der Waals surface area contributed by atoms with Gasteiger partial charge in [-0.2, -0.15) is 0 Å². The second kappa shape index (κ2) is 9.39. The quantitative estimate of drug-likeness (QED) is 0.546. The summed E-state index contributed by atoms with van der Waals surface area (Å²) < 4.78 is 20.4. The molecule has 1 aliphatic heterocycles. The molecule has 25 heavy (non-hydrogen) atoms. The van der Waals surface area contributed by atoms with Crippen LogP contribution in [0, 0.1) is 0 Å². The van der Waals surface area contributed by atoms with Crippen molar-refractivity contribution in [1.29, 1.82) is 0 Å². The second-order valence-electron chi connectivity index (χ2n) is 5.59. The molecule has 0 saturated carbocycles. The molecule has 1 fully saturated rings. The predicted octanol–water partition coefficient (Wildman–Crippen LogP) is 1.68. The van der Waals surface area contributed by atoms with E-state index in [0.717, 1.165) is 11.3 Å². The monoisotopic (exact) mass is 351 g/mol. The van der Waals surface area contributed by atoms with E-state index >= 15 is 0 Å². The van der Waals surface area contributed by atoms with E-state index in [-0.39, 0.29) is 6.61 Å². The van der Waals surface area contributed by atoms with Gasteiger partial charge in [0.25, 0.3) is 0 Å². The van der Waals surface area contributed by atoms with Crippen LogP contribution in [0.1, 0.15) is 33.2 Å². The molecule has 0 amide bonds. The van der Waals surface area contributed by atoms with Crippen molar-refractivity contribution in [1.82, 2.24) is 0 Å². The Morgan fingerprint density at radius 1 is 1.12 bits per heavy atom. The number of hydrogen-bond donors (Lipinski definition) is 0. The Morgan fingerprint density at radius 3 is 2.44 bits per heavy atom. The van der Waals surface area contributed by atoms with Crippen LogP contribution in [0.5, 0.6) is 0 Å². The standard InChI is InChI=1S/C18H25NO6/c1-4-14-15(18(21)23-3)11-13(17(20)25-10-9-22-2)12-16(14)19-5-7-24-8-6-19/h11-12H,4-10H2,1-3H3. The van der Waals surface area contributed by atoms with Crippen molar-refractivity contribution in [2.24, 2.45) is 0 Å². The summed E-state index contributed by atoms with van der Waals surface area (Å²) in [4.78, 5) is 26.7. The van der Waals surface area contributed by atoms with Gasteiger partial charge in [-0.05, 0) is 24.1 Å². The van der Waals surface area contributed by atoms with E-state index < -0.39 is 11.9 Å². The lowest BCUT2D eigenvalue weighted by Gasteiger charge is -2.31. The summed E-state index contributed by atoms with van der Waals surface area (Å²) in [5.74, 6) is -0.947. The molecule has 1 aromatic carbocycles. The fraction of sp³-hybridized carbons (Fsp3) is 0.556. The molecular formula is C18H25NO6. The van der Waals surface area contributed by atoms with Crippen molar-refractivity contribution in [3.8, 4) is 0 Å². The molecule has 2 rings (SSSR count). The number of morpholine rings is 1. The highest BCUT2D eigenvalue weighted by atomic mass is 16.6. The number of esters is 2. The molecule has 0 spiro atoms. The zero-order valence-corrected chi connectivity index (χ0v) is 15.0. The lowest BCUT2D eigenvalue weighted by Crippen LogP contribution is -2.37. The maximum absolute atomic E-state index is 12.3. The first-order valence-corrected chi connectivity index (χ1v) is 8.36. The van der Waals surface area contributed by atoms with Crippen LogP contribution in [-0.4, -0.2) is 65.7 Å². The third kappa shape index (κ3) is 4.70. The molecule has 0 bridgehead atoms. The van der Waals surface area contributed by atoms with Gasteiger partial charge in [-0.1, -0.05) is 6.92 Å². The molecule has 0 aliphatic carbocycles. The average Bonchev–Trinajstić information content (AvgIpc) is 2.67. The number of ether oxygens (including phenoxy) is 4. The SMILES string of the molecule is CCc1c(C(=O)OC)cc(C(=O)OCCOC)cc1N1CCOCC1. The number of anilines is 1. The highest BCUT2D eigenvalue weighted by Crippen LogP contribution is 2.29. The van der Waals surface area contributed by atoms with E-state index in [1.54, 1.807) is 12.1 Å². The van der Waals surface area contributed by atoms with Crippen molar-refractivity contribution in [2.75, 3.05) is 58.6 Å². The summed E-state index contributed by atoms with van der Waals surface area (Å²) >= 11 is 0. The summed E-state index contributed by atoms with van der Waals surface area (Å²) in [7, 11) is 2.87. The molecule has 0 aromatic heterocycles. The van der Waals surface area contributed by atoms with E-state index in [1.165, 1.54) is 14.2 Å². The minimum atomic E-state index is -0.487. The van der Waals surface area contributed by atoms with Gasteiger partial charge in [0.2, 0.25) is 0 Å². The first-order valence-electron chi connectivity index (χ1n) is 8.36. The van der Waals surface area contributed by atoms with Gasteiger partial charge in [-0.3, -0.25) is 0 Å². The molecule has 138 valence electrons. The topological polar surface area (TPSA) is 74.3 Å². The van der Waals surface area contributed by atoms with Crippen molar-refractivity contribution >= 4 is 17.6 Å². The highest BCUT2D eigenvalue weighted by Gasteiger charge is 2.23. The number of carbonyl (C=O) groups is 2. The Hall–Kier alpha value is -2.12. The van der Waals surface area contributed by atoms with Gasteiger partial charge in [-0.25, -0.2) is 9.59 Å². The van der Waals surface area contributed by atoms with Crippen LogP contribution in [-0.2, 0) is 25.4 Å². The van der Waals surface area contributed by atoms with Crippen LogP contribution < -0.4 is 4.90 Å². The summed E-state index contributed by atoms with van der Waals surface area (Å²) in [6.45, 7) is 5.08. The molecule has 1 saturated heterocycles. The molecule has 1 aromatic rings. The summed E-state index contributed by atoms with van der Waals surface area (Å²) in [6.07, 6.45) is 0.649. The lowest BCUT2D eigenvalue weighted by molar-refractivity contribution is 0.0388. The minimum absolute atomic E-state index is 0.158. The number of nitrogens with zero attached hydrogens (tertiary/aromatic N) is 1. The Kier molecular flexibility index (Phi) is 7.21. The highest BCUT2D eigenvalue weighted by molar-refractivity contribution is 5.98. The molecule has 0 atom stereocenters. The second-order valence-corrected chi connectivity index (χ2v) is 5.59. The van der Waals surface area contributed by atoms with E-state index in [1.807, 2.05) is 6.92 Å². The van der Waals surface area contributed by atoms with Gasteiger partial charge >= 0.3 is 11.9 Å². The molecular weight excluding hydrogens is 326 g/mol. The largest absolute Gasteiger partial charge is 0.465 e. The maximum atomic E-state index is 12.3.